The number of fused-ring (bicyclic) bond motifs is 2. The molecule has 148 valence electrons. The molecule has 5 nitrogen and oxygen atoms in total. The number of aliphatic hydroxyl groups is 1. The molecule has 1 heterocycles. The van der Waals surface area contributed by atoms with Crippen molar-refractivity contribution >= 4 is 22.4 Å². The first-order valence-corrected chi connectivity index (χ1v) is 10.6. The lowest BCUT2D eigenvalue weighted by Gasteiger charge is -2.53. The number of carbonyl (C=O) groups is 1. The number of carbonyl (C=O) groups excluding carboxylic acids is 1. The van der Waals surface area contributed by atoms with Crippen LogP contribution in [0.5, 0.6) is 0 Å². The molecule has 2 aliphatic rings. The Bertz CT molecular complexity index is 755. The summed E-state index contributed by atoms with van der Waals surface area (Å²) in [5, 5.41) is 15.5. The van der Waals surface area contributed by atoms with Crippen molar-refractivity contribution in [1.29, 1.82) is 0 Å². The lowest BCUT2D eigenvalue weighted by Crippen LogP contribution is -2.53. The Labute approximate surface area is 166 Å². The Hall–Kier alpha value is -1.58. The van der Waals surface area contributed by atoms with Crippen LogP contribution in [0.2, 0.25) is 0 Å². The number of thiazole rings is 1. The van der Waals surface area contributed by atoms with Gasteiger partial charge in [-0.05, 0) is 36.5 Å². The zero-order valence-corrected chi connectivity index (χ0v) is 17.8. The van der Waals surface area contributed by atoms with Crippen LogP contribution in [0, 0.1) is 35.5 Å². The number of aliphatic hydroxyl groups excluding tert-OH is 1. The van der Waals surface area contributed by atoms with E-state index in [1.807, 2.05) is 14.0 Å². The van der Waals surface area contributed by atoms with Crippen molar-refractivity contribution in [1.82, 2.24) is 9.88 Å². The Balaban J connectivity index is 1.86. The van der Waals surface area contributed by atoms with Crippen LogP contribution in [0.1, 0.15) is 50.1 Å². The molecule has 0 radical (unpaired) electrons. The quantitative estimate of drug-likeness (QED) is 0.777. The van der Waals surface area contributed by atoms with Gasteiger partial charge in [-0.25, -0.2) is 4.98 Å². The topological polar surface area (TPSA) is 65.5 Å². The number of amides is 1. The normalized spacial score (nSPS) is 33.4. The zero-order valence-electron chi connectivity index (χ0n) is 17.0. The molecule has 0 saturated heterocycles. The Morgan fingerprint density at radius 2 is 2.30 bits per heavy atom. The van der Waals surface area contributed by atoms with Crippen LogP contribution in [-0.2, 0) is 11.2 Å². The van der Waals surface area contributed by atoms with Gasteiger partial charge in [0.25, 0.3) is 0 Å². The van der Waals surface area contributed by atoms with Gasteiger partial charge >= 0.3 is 0 Å². The van der Waals surface area contributed by atoms with Crippen LogP contribution >= 0.6 is 11.3 Å². The van der Waals surface area contributed by atoms with Gasteiger partial charge in [-0.2, -0.15) is 0 Å². The highest BCUT2D eigenvalue weighted by atomic mass is 32.1. The Morgan fingerprint density at radius 3 is 2.93 bits per heavy atom. The molecule has 0 spiro atoms. The second-order valence-corrected chi connectivity index (χ2v) is 9.69. The number of rotatable bonds is 4. The number of hydrogen-bond donors (Lipinski definition) is 2. The summed E-state index contributed by atoms with van der Waals surface area (Å²) in [5.41, 5.74) is 1.17. The van der Waals surface area contributed by atoms with Gasteiger partial charge in [-0.1, -0.05) is 26.7 Å². The van der Waals surface area contributed by atoms with Crippen LogP contribution < -0.4 is 5.32 Å². The Morgan fingerprint density at radius 1 is 1.59 bits per heavy atom. The summed E-state index contributed by atoms with van der Waals surface area (Å²) in [6.07, 6.45) is 7.69. The van der Waals surface area contributed by atoms with E-state index in [9.17, 15) is 9.90 Å². The van der Waals surface area contributed by atoms with E-state index in [4.69, 9.17) is 11.4 Å². The first-order valence-electron chi connectivity index (χ1n) is 9.77. The molecule has 0 aliphatic heterocycles. The van der Waals surface area contributed by atoms with Crippen LogP contribution in [0.3, 0.4) is 0 Å². The van der Waals surface area contributed by atoms with Crippen molar-refractivity contribution in [3.05, 3.63) is 10.6 Å². The van der Waals surface area contributed by atoms with Crippen LogP contribution in [0.15, 0.2) is 0 Å². The van der Waals surface area contributed by atoms with Crippen molar-refractivity contribution in [2.24, 2.45) is 23.2 Å². The van der Waals surface area contributed by atoms with Crippen molar-refractivity contribution in [2.45, 2.75) is 52.1 Å². The van der Waals surface area contributed by atoms with Crippen LogP contribution in [-0.4, -0.2) is 47.6 Å². The summed E-state index contributed by atoms with van der Waals surface area (Å²) in [7, 11) is 3.64. The fourth-order valence-corrected chi connectivity index (χ4v) is 6.62. The molecule has 27 heavy (non-hydrogen) atoms. The molecule has 2 N–H and O–H groups in total. The minimum atomic E-state index is -0.509. The summed E-state index contributed by atoms with van der Waals surface area (Å²) < 4.78 is 0. The number of anilines is 1. The summed E-state index contributed by atoms with van der Waals surface area (Å²) in [5.74, 6) is 2.57. The lowest BCUT2D eigenvalue weighted by molar-refractivity contribution is -0.142. The number of hydrogen-bond acceptors (Lipinski definition) is 5. The van der Waals surface area contributed by atoms with E-state index in [1.165, 1.54) is 4.88 Å². The highest BCUT2D eigenvalue weighted by molar-refractivity contribution is 7.15. The average molecular weight is 390 g/mol. The summed E-state index contributed by atoms with van der Waals surface area (Å²) in [6.45, 7) is 6.72. The first kappa shape index (κ1) is 20.2. The average Bonchev–Trinajstić information content (AvgIpc) is 3.03. The predicted octanol–water partition coefficient (Wildman–Crippen LogP) is 2.97. The molecule has 3 rings (SSSR count). The standard InChI is InChI=1S/C21H31N3O2S/c1-7-10-24(6)19(26)12(2)14-8-9-21(4)11-15-17(23-20(22-5)27-15)13(3)16(21)18(14)25/h1,12-14,16,18,25H,8-11H2,2-6H3,(H,22,23)/t12-,13+,14-,16+,18-,21+/m0/s1. The van der Waals surface area contributed by atoms with E-state index in [-0.39, 0.29) is 35.0 Å². The number of aromatic nitrogens is 1. The molecule has 1 fully saturated rings. The van der Waals surface area contributed by atoms with Gasteiger partial charge in [-0.15, -0.1) is 17.8 Å². The van der Waals surface area contributed by atoms with Gasteiger partial charge in [0, 0.05) is 30.8 Å². The van der Waals surface area contributed by atoms with Gasteiger partial charge in [0.2, 0.25) is 5.91 Å². The van der Waals surface area contributed by atoms with Crippen LogP contribution in [0.4, 0.5) is 5.13 Å². The molecule has 0 unspecified atom stereocenters. The first-order chi connectivity index (χ1) is 12.7. The zero-order chi connectivity index (χ0) is 19.9. The van der Waals surface area contributed by atoms with Crippen molar-refractivity contribution in [3.8, 4) is 12.3 Å². The number of nitrogens with one attached hydrogen (secondary N) is 1. The second-order valence-electron chi connectivity index (χ2n) is 8.60. The maximum atomic E-state index is 12.7. The van der Waals surface area contributed by atoms with Gasteiger partial charge in [0.05, 0.1) is 18.3 Å². The van der Waals surface area contributed by atoms with Crippen molar-refractivity contribution < 1.29 is 9.90 Å². The predicted molar refractivity (Wildman–Crippen MR) is 110 cm³/mol. The summed E-state index contributed by atoms with van der Waals surface area (Å²) in [4.78, 5) is 20.4. The molecule has 6 heteroatoms. The third-order valence-electron chi connectivity index (χ3n) is 6.87. The molecule has 0 aromatic carbocycles. The molecule has 1 amide bonds. The summed E-state index contributed by atoms with van der Waals surface area (Å²) in [6, 6.07) is 0. The maximum absolute atomic E-state index is 12.7. The molecular weight excluding hydrogens is 358 g/mol. The smallest absolute Gasteiger partial charge is 0.226 e. The molecule has 1 aromatic rings. The fourth-order valence-electron chi connectivity index (χ4n) is 5.40. The fraction of sp³-hybridized carbons (Fsp3) is 0.714. The third-order valence-corrected chi connectivity index (χ3v) is 7.96. The maximum Gasteiger partial charge on any atom is 0.226 e. The van der Waals surface area contributed by atoms with E-state index in [0.717, 1.165) is 30.1 Å². The largest absolute Gasteiger partial charge is 0.392 e. The van der Waals surface area contributed by atoms with Gasteiger partial charge in [-0.3, -0.25) is 4.79 Å². The van der Waals surface area contributed by atoms with E-state index in [2.05, 4.69) is 25.1 Å². The SMILES string of the molecule is C#CCN(C)C(=O)[C@@H](C)[C@@H]1CC[C@]2(C)Cc3sc(NC)nc3[C@H](C)[C@@H]2[C@H]1O. The highest BCUT2D eigenvalue weighted by Crippen LogP contribution is 2.57. The minimum Gasteiger partial charge on any atom is -0.392 e. The second kappa shape index (κ2) is 7.44. The molecule has 1 aromatic heterocycles. The van der Waals surface area contributed by atoms with Crippen LogP contribution in [0.25, 0.3) is 0 Å². The lowest BCUT2D eigenvalue weighted by atomic mass is 9.53. The van der Waals surface area contributed by atoms with E-state index in [0.29, 0.717) is 6.54 Å². The molecular formula is C21H31N3O2S. The van der Waals surface area contributed by atoms with Gasteiger partial charge in [0.1, 0.15) is 0 Å². The molecule has 0 bridgehead atoms. The van der Waals surface area contributed by atoms with Gasteiger partial charge < -0.3 is 15.3 Å². The third kappa shape index (κ3) is 3.36. The molecule has 2 aliphatic carbocycles. The molecule has 6 atom stereocenters. The van der Waals surface area contributed by atoms with Crippen molar-refractivity contribution in [3.63, 3.8) is 0 Å². The van der Waals surface area contributed by atoms with E-state index >= 15 is 0 Å². The molecule has 1 saturated carbocycles. The van der Waals surface area contributed by atoms with E-state index in [1.54, 1.807) is 23.3 Å². The van der Waals surface area contributed by atoms with E-state index < -0.39 is 6.10 Å². The Kier molecular flexibility index (Phi) is 5.56. The summed E-state index contributed by atoms with van der Waals surface area (Å²) >= 11 is 1.73. The minimum absolute atomic E-state index is 0.0240. The van der Waals surface area contributed by atoms with Gasteiger partial charge in [0.15, 0.2) is 5.13 Å². The highest BCUT2D eigenvalue weighted by Gasteiger charge is 2.54. The number of terminal acetylenes is 1. The monoisotopic (exact) mass is 389 g/mol. The van der Waals surface area contributed by atoms with Crippen molar-refractivity contribution in [2.75, 3.05) is 26.0 Å². The number of nitrogens with zero attached hydrogens (tertiary/aromatic N) is 2.